The van der Waals surface area contributed by atoms with E-state index in [0.717, 1.165) is 11.4 Å². The fourth-order valence-electron chi connectivity index (χ4n) is 1.58. The molecule has 1 rings (SSSR count). The summed E-state index contributed by atoms with van der Waals surface area (Å²) in [7, 11) is 1.33. The van der Waals surface area contributed by atoms with Gasteiger partial charge in [0.1, 0.15) is 6.04 Å². The Morgan fingerprint density at radius 1 is 1.45 bits per heavy atom. The Kier molecular flexibility index (Phi) is 7.08. The molecule has 1 aromatic rings. The number of aromatic nitrogens is 1. The van der Waals surface area contributed by atoms with Crippen molar-refractivity contribution in [3.05, 3.63) is 24.4 Å². The summed E-state index contributed by atoms with van der Waals surface area (Å²) in [6.07, 6.45) is 2.46. The number of thioether (sulfide) groups is 1. The summed E-state index contributed by atoms with van der Waals surface area (Å²) in [4.78, 5) is 27.7. The molecule has 0 aromatic carbocycles. The quantitative estimate of drug-likeness (QED) is 0.614. The molecule has 0 spiro atoms. The molecule has 0 fully saturated rings. The SMILES string of the molecule is CCC(C)C(NC(=O)CSc1ccccn1)C(=O)OC. The number of nitrogens with one attached hydrogen (secondary N) is 1. The lowest BCUT2D eigenvalue weighted by Gasteiger charge is -2.21. The summed E-state index contributed by atoms with van der Waals surface area (Å²) in [5.41, 5.74) is 0. The lowest BCUT2D eigenvalue weighted by molar-refractivity contribution is -0.146. The second-order valence-electron chi connectivity index (χ2n) is 4.41. The van der Waals surface area contributed by atoms with Gasteiger partial charge in [-0.1, -0.05) is 38.1 Å². The average Bonchev–Trinajstić information content (AvgIpc) is 2.50. The normalized spacial score (nSPS) is 13.3. The second kappa shape index (κ2) is 8.58. The standard InChI is InChI=1S/C14H20N2O3S/c1-4-10(2)13(14(18)19-3)16-11(17)9-20-12-7-5-6-8-15-12/h5-8,10,13H,4,9H2,1-3H3,(H,16,17). The number of methoxy groups -OCH3 is 1. The first kappa shape index (κ1) is 16.5. The van der Waals surface area contributed by atoms with Crippen LogP contribution in [0.5, 0.6) is 0 Å². The highest BCUT2D eigenvalue weighted by atomic mass is 32.2. The number of ether oxygens (including phenoxy) is 1. The predicted molar refractivity (Wildman–Crippen MR) is 78.4 cm³/mol. The number of carbonyl (C=O) groups is 2. The fraction of sp³-hybridized carbons (Fsp3) is 0.500. The monoisotopic (exact) mass is 296 g/mol. The molecule has 1 aromatic heterocycles. The Morgan fingerprint density at radius 3 is 2.75 bits per heavy atom. The van der Waals surface area contributed by atoms with Crippen molar-refractivity contribution in [3.8, 4) is 0 Å². The summed E-state index contributed by atoms with van der Waals surface area (Å²) in [5.74, 6) is -0.348. The Hall–Kier alpha value is -1.56. The minimum atomic E-state index is -0.596. The van der Waals surface area contributed by atoms with E-state index in [1.54, 1.807) is 6.20 Å². The second-order valence-corrected chi connectivity index (χ2v) is 5.41. The number of hydrogen-bond donors (Lipinski definition) is 1. The first-order valence-electron chi connectivity index (χ1n) is 6.49. The minimum absolute atomic E-state index is 0.0336. The Bertz CT molecular complexity index is 439. The van der Waals surface area contributed by atoms with Crippen LogP contribution in [0.1, 0.15) is 20.3 Å². The molecule has 1 amide bonds. The molecule has 1 N–H and O–H groups in total. The van der Waals surface area contributed by atoms with Crippen LogP contribution < -0.4 is 5.32 Å². The van der Waals surface area contributed by atoms with Gasteiger partial charge < -0.3 is 10.1 Å². The maximum absolute atomic E-state index is 11.9. The van der Waals surface area contributed by atoms with E-state index in [-0.39, 0.29) is 17.6 Å². The third-order valence-corrected chi connectivity index (χ3v) is 3.92. The van der Waals surface area contributed by atoms with E-state index in [0.29, 0.717) is 0 Å². The van der Waals surface area contributed by atoms with Gasteiger partial charge >= 0.3 is 5.97 Å². The van der Waals surface area contributed by atoms with Crippen LogP contribution in [0.3, 0.4) is 0 Å². The minimum Gasteiger partial charge on any atom is -0.467 e. The zero-order chi connectivity index (χ0) is 15.0. The molecular weight excluding hydrogens is 276 g/mol. The van der Waals surface area contributed by atoms with E-state index in [1.165, 1.54) is 18.9 Å². The molecule has 1 heterocycles. The highest BCUT2D eigenvalue weighted by Crippen LogP contribution is 2.14. The Morgan fingerprint density at radius 2 is 2.20 bits per heavy atom. The lowest BCUT2D eigenvalue weighted by atomic mass is 9.99. The molecule has 0 radical (unpaired) electrons. The molecule has 0 aliphatic rings. The summed E-state index contributed by atoms with van der Waals surface area (Å²) in [5, 5.41) is 3.51. The molecule has 2 unspecified atom stereocenters. The molecule has 2 atom stereocenters. The molecule has 6 heteroatoms. The molecule has 0 bridgehead atoms. The van der Waals surface area contributed by atoms with E-state index in [4.69, 9.17) is 4.74 Å². The van der Waals surface area contributed by atoms with Crippen molar-refractivity contribution in [3.63, 3.8) is 0 Å². The molecule has 0 aliphatic heterocycles. The molecule has 0 saturated heterocycles. The maximum Gasteiger partial charge on any atom is 0.328 e. The molecule has 110 valence electrons. The molecule has 0 aliphatic carbocycles. The molecule has 0 saturated carbocycles. The van der Waals surface area contributed by atoms with Crippen LogP contribution in [0.4, 0.5) is 0 Å². The van der Waals surface area contributed by atoms with Crippen molar-refractivity contribution in [1.29, 1.82) is 0 Å². The predicted octanol–water partition coefficient (Wildman–Crippen LogP) is 1.88. The number of nitrogens with zero attached hydrogens (tertiary/aromatic N) is 1. The molecular formula is C14H20N2O3S. The van der Waals surface area contributed by atoms with E-state index >= 15 is 0 Å². The highest BCUT2D eigenvalue weighted by Gasteiger charge is 2.26. The van der Waals surface area contributed by atoms with Crippen LogP contribution in [0, 0.1) is 5.92 Å². The molecule has 5 nitrogen and oxygen atoms in total. The van der Waals surface area contributed by atoms with Crippen LogP contribution >= 0.6 is 11.8 Å². The summed E-state index contributed by atoms with van der Waals surface area (Å²) >= 11 is 1.33. The summed E-state index contributed by atoms with van der Waals surface area (Å²) in [6, 6.07) is 4.93. The van der Waals surface area contributed by atoms with Gasteiger partial charge in [-0.3, -0.25) is 4.79 Å². The smallest absolute Gasteiger partial charge is 0.328 e. The number of esters is 1. The van der Waals surface area contributed by atoms with Gasteiger partial charge in [0.05, 0.1) is 17.9 Å². The van der Waals surface area contributed by atoms with Crippen LogP contribution in [-0.2, 0) is 14.3 Å². The van der Waals surface area contributed by atoms with Crippen molar-refractivity contribution < 1.29 is 14.3 Å². The number of carbonyl (C=O) groups excluding carboxylic acids is 2. The van der Waals surface area contributed by atoms with Gasteiger partial charge in [0.25, 0.3) is 0 Å². The first-order chi connectivity index (χ1) is 9.58. The first-order valence-corrected chi connectivity index (χ1v) is 7.48. The topological polar surface area (TPSA) is 68.3 Å². The van der Waals surface area contributed by atoms with Crippen LogP contribution in [0.2, 0.25) is 0 Å². The number of rotatable bonds is 7. The van der Waals surface area contributed by atoms with Gasteiger partial charge in [0.2, 0.25) is 5.91 Å². The van der Waals surface area contributed by atoms with Crippen LogP contribution in [-0.4, -0.2) is 35.8 Å². The molecule has 20 heavy (non-hydrogen) atoms. The van der Waals surface area contributed by atoms with Gasteiger partial charge in [-0.25, -0.2) is 9.78 Å². The summed E-state index contributed by atoms with van der Waals surface area (Å²) < 4.78 is 4.73. The Labute approximate surface area is 123 Å². The third kappa shape index (κ3) is 5.21. The lowest BCUT2D eigenvalue weighted by Crippen LogP contribution is -2.46. The fourth-order valence-corrected chi connectivity index (χ4v) is 2.26. The van der Waals surface area contributed by atoms with Gasteiger partial charge in [0.15, 0.2) is 0 Å². The number of hydrogen-bond acceptors (Lipinski definition) is 5. The van der Waals surface area contributed by atoms with Crippen LogP contribution in [0.25, 0.3) is 0 Å². The van der Waals surface area contributed by atoms with E-state index < -0.39 is 12.0 Å². The summed E-state index contributed by atoms with van der Waals surface area (Å²) in [6.45, 7) is 3.88. The van der Waals surface area contributed by atoms with E-state index in [9.17, 15) is 9.59 Å². The average molecular weight is 296 g/mol. The van der Waals surface area contributed by atoms with Crippen molar-refractivity contribution in [2.75, 3.05) is 12.9 Å². The van der Waals surface area contributed by atoms with Crippen LogP contribution in [0.15, 0.2) is 29.4 Å². The van der Waals surface area contributed by atoms with Crippen molar-refractivity contribution >= 4 is 23.6 Å². The van der Waals surface area contributed by atoms with E-state index in [1.807, 2.05) is 32.0 Å². The zero-order valence-corrected chi connectivity index (χ0v) is 12.8. The van der Waals surface area contributed by atoms with Gasteiger partial charge in [-0.05, 0) is 18.1 Å². The maximum atomic E-state index is 11.9. The van der Waals surface area contributed by atoms with Crippen molar-refractivity contribution in [2.45, 2.75) is 31.3 Å². The van der Waals surface area contributed by atoms with Crippen molar-refractivity contribution in [1.82, 2.24) is 10.3 Å². The third-order valence-electron chi connectivity index (χ3n) is 2.97. The largest absolute Gasteiger partial charge is 0.467 e. The highest BCUT2D eigenvalue weighted by molar-refractivity contribution is 7.99. The van der Waals surface area contributed by atoms with E-state index in [2.05, 4.69) is 10.3 Å². The van der Waals surface area contributed by atoms with Gasteiger partial charge in [0, 0.05) is 6.20 Å². The van der Waals surface area contributed by atoms with Gasteiger partial charge in [-0.15, -0.1) is 0 Å². The number of amides is 1. The van der Waals surface area contributed by atoms with Crippen molar-refractivity contribution in [2.24, 2.45) is 5.92 Å². The Balaban J connectivity index is 2.51. The van der Waals surface area contributed by atoms with Gasteiger partial charge in [-0.2, -0.15) is 0 Å². The number of pyridine rings is 1. The zero-order valence-electron chi connectivity index (χ0n) is 12.0.